The number of alkyl halides is 6. The summed E-state index contributed by atoms with van der Waals surface area (Å²) in [6.07, 6.45) is -10.3. The lowest BCUT2D eigenvalue weighted by molar-refractivity contribution is -0.162. The van der Waals surface area contributed by atoms with E-state index in [0.717, 1.165) is 50.6 Å². The third-order valence-electron chi connectivity index (χ3n) is 8.03. The third-order valence-corrected chi connectivity index (χ3v) is 8.03. The van der Waals surface area contributed by atoms with E-state index >= 15 is 0 Å². The molecule has 0 radical (unpaired) electrons. The summed E-state index contributed by atoms with van der Waals surface area (Å²) in [6.45, 7) is 0. The first-order chi connectivity index (χ1) is 22.1. The highest BCUT2D eigenvalue weighted by molar-refractivity contribution is 6.10. The molecule has 228 valence electrons. The number of nitrogens with zero attached hydrogens (tertiary/aromatic N) is 2. The van der Waals surface area contributed by atoms with Crippen LogP contribution in [0.15, 0.2) is 146 Å². The lowest BCUT2D eigenvalue weighted by Crippen LogP contribution is -2.16. The van der Waals surface area contributed by atoms with Gasteiger partial charge >= 0.3 is 12.4 Å². The number of hydrogen-bond acceptors (Lipinski definition) is 1. The van der Waals surface area contributed by atoms with Crippen molar-refractivity contribution >= 4 is 38.9 Å². The summed E-state index contributed by atoms with van der Waals surface area (Å²) in [5, 5.41) is 2.02. The van der Waals surface area contributed by atoms with E-state index in [1.807, 2.05) is 72.8 Å². The quantitative estimate of drug-likeness (QED) is 0.173. The fourth-order valence-corrected chi connectivity index (χ4v) is 5.99. The van der Waals surface area contributed by atoms with E-state index in [4.69, 9.17) is 0 Å². The van der Waals surface area contributed by atoms with Crippen molar-refractivity contribution in [1.82, 2.24) is 4.57 Å². The van der Waals surface area contributed by atoms with Gasteiger partial charge in [0.15, 0.2) is 0 Å². The molecule has 0 saturated heterocycles. The van der Waals surface area contributed by atoms with Crippen molar-refractivity contribution in [2.24, 2.45) is 0 Å². The van der Waals surface area contributed by atoms with Crippen LogP contribution in [0.1, 0.15) is 11.1 Å². The summed E-state index contributed by atoms with van der Waals surface area (Å²) >= 11 is 0. The second-order valence-corrected chi connectivity index (χ2v) is 10.9. The normalized spacial score (nSPS) is 12.1. The molecule has 0 spiro atoms. The summed E-state index contributed by atoms with van der Waals surface area (Å²) in [6, 6.07) is 43.2. The first kappa shape index (κ1) is 29.2. The molecule has 7 aromatic rings. The zero-order valence-corrected chi connectivity index (χ0v) is 24.0. The molecule has 8 heteroatoms. The van der Waals surface area contributed by atoms with Crippen LogP contribution in [0.4, 0.5) is 43.4 Å². The number of benzene rings is 6. The van der Waals surface area contributed by atoms with Gasteiger partial charge < -0.3 is 9.47 Å². The number of rotatable bonds is 5. The lowest BCUT2D eigenvalue weighted by Gasteiger charge is -2.25. The topological polar surface area (TPSA) is 8.17 Å². The zero-order chi connectivity index (χ0) is 32.1. The summed E-state index contributed by atoms with van der Waals surface area (Å²) in [5.74, 6) is 0. The van der Waals surface area contributed by atoms with Gasteiger partial charge in [0.25, 0.3) is 0 Å². The van der Waals surface area contributed by atoms with Crippen molar-refractivity contribution in [3.63, 3.8) is 0 Å². The van der Waals surface area contributed by atoms with E-state index in [9.17, 15) is 26.3 Å². The Morgan fingerprint density at radius 2 is 0.957 bits per heavy atom. The molecule has 0 fully saturated rings. The summed E-state index contributed by atoms with van der Waals surface area (Å²) in [4.78, 5) is 2.18. The Morgan fingerprint density at radius 1 is 0.413 bits per heavy atom. The Bertz CT molecular complexity index is 2130. The third kappa shape index (κ3) is 5.26. The van der Waals surface area contributed by atoms with Crippen LogP contribution in [0, 0.1) is 0 Å². The van der Waals surface area contributed by atoms with Crippen LogP contribution in [-0.4, -0.2) is 4.57 Å². The van der Waals surface area contributed by atoms with Gasteiger partial charge in [0.05, 0.1) is 22.2 Å². The molecule has 46 heavy (non-hydrogen) atoms. The van der Waals surface area contributed by atoms with Crippen molar-refractivity contribution in [3.8, 4) is 16.8 Å². The first-order valence-corrected chi connectivity index (χ1v) is 14.4. The first-order valence-electron chi connectivity index (χ1n) is 14.4. The molecule has 0 unspecified atom stereocenters. The summed E-state index contributed by atoms with van der Waals surface area (Å²) < 4.78 is 82.8. The average molecular weight is 623 g/mol. The zero-order valence-electron chi connectivity index (χ0n) is 24.0. The Morgan fingerprint density at radius 3 is 1.57 bits per heavy atom. The Balaban J connectivity index is 1.33. The highest BCUT2D eigenvalue weighted by Crippen LogP contribution is 2.43. The van der Waals surface area contributed by atoms with E-state index in [2.05, 4.69) is 39.8 Å². The van der Waals surface area contributed by atoms with E-state index in [1.54, 1.807) is 24.3 Å². The largest absolute Gasteiger partial charge is 0.417 e. The van der Waals surface area contributed by atoms with Crippen LogP contribution >= 0.6 is 0 Å². The number of hydrogen-bond donors (Lipinski definition) is 0. The molecule has 1 heterocycles. The summed E-state index contributed by atoms with van der Waals surface area (Å²) in [5.41, 5.74) is 2.58. The molecule has 6 aromatic carbocycles. The molecule has 0 N–H and O–H groups in total. The predicted octanol–water partition coefficient (Wildman–Crippen LogP) is 12.0. The molecule has 0 amide bonds. The van der Waals surface area contributed by atoms with Crippen LogP contribution in [0.2, 0.25) is 0 Å². The highest BCUT2D eigenvalue weighted by atomic mass is 19.4. The van der Waals surface area contributed by atoms with Gasteiger partial charge in [0.1, 0.15) is 0 Å². The van der Waals surface area contributed by atoms with Crippen molar-refractivity contribution in [1.29, 1.82) is 0 Å². The maximum Gasteiger partial charge on any atom is 0.417 e. The second-order valence-electron chi connectivity index (χ2n) is 10.9. The molecule has 0 aliphatic carbocycles. The molecule has 2 nitrogen and oxygen atoms in total. The maximum atomic E-state index is 13.6. The SMILES string of the molecule is FC(F)(F)c1ccc(-c2ccc(-n3c4ccccc4c4cc(N(c5ccccc5)c5ccccc5)ccc43)cc2)cc1C(F)(F)F. The van der Waals surface area contributed by atoms with Crippen LogP contribution in [0.3, 0.4) is 0 Å². The number of anilines is 3. The molecule has 0 aliphatic rings. The highest BCUT2D eigenvalue weighted by Gasteiger charge is 2.43. The maximum absolute atomic E-state index is 13.6. The number of fused-ring (bicyclic) bond motifs is 3. The Labute approximate surface area is 260 Å². The molecule has 7 rings (SSSR count). The van der Waals surface area contributed by atoms with E-state index < -0.39 is 23.5 Å². The van der Waals surface area contributed by atoms with Gasteiger partial charge in [0.2, 0.25) is 0 Å². The van der Waals surface area contributed by atoms with Crippen LogP contribution in [0.5, 0.6) is 0 Å². The molecular formula is C38H24F6N2. The van der Waals surface area contributed by atoms with Gasteiger partial charge in [-0.3, -0.25) is 0 Å². The number of halogens is 6. The van der Waals surface area contributed by atoms with Crippen LogP contribution < -0.4 is 4.90 Å². The number of aromatic nitrogens is 1. The van der Waals surface area contributed by atoms with E-state index in [0.29, 0.717) is 17.7 Å². The van der Waals surface area contributed by atoms with Crippen LogP contribution in [-0.2, 0) is 12.4 Å². The van der Waals surface area contributed by atoms with Crippen molar-refractivity contribution < 1.29 is 26.3 Å². The van der Waals surface area contributed by atoms with Gasteiger partial charge in [-0.25, -0.2) is 0 Å². The van der Waals surface area contributed by atoms with Gasteiger partial charge in [-0.15, -0.1) is 0 Å². The van der Waals surface area contributed by atoms with Crippen molar-refractivity contribution in [3.05, 3.63) is 157 Å². The molecule has 0 bridgehead atoms. The minimum absolute atomic E-state index is 0.0423. The van der Waals surface area contributed by atoms with Gasteiger partial charge in [-0.05, 0) is 83.9 Å². The predicted molar refractivity (Wildman–Crippen MR) is 171 cm³/mol. The summed E-state index contributed by atoms with van der Waals surface area (Å²) in [7, 11) is 0. The van der Waals surface area contributed by atoms with Gasteiger partial charge in [0, 0.05) is 33.5 Å². The monoisotopic (exact) mass is 622 g/mol. The van der Waals surface area contributed by atoms with Crippen molar-refractivity contribution in [2.45, 2.75) is 12.4 Å². The van der Waals surface area contributed by atoms with Crippen LogP contribution in [0.25, 0.3) is 38.6 Å². The lowest BCUT2D eigenvalue weighted by atomic mass is 9.98. The van der Waals surface area contributed by atoms with E-state index in [-0.39, 0.29) is 5.56 Å². The Hall–Kier alpha value is -5.50. The molecule has 0 aliphatic heterocycles. The Kier molecular flexibility index (Phi) is 7.08. The fourth-order valence-electron chi connectivity index (χ4n) is 5.99. The smallest absolute Gasteiger partial charge is 0.310 e. The standard InChI is InChI=1S/C38H24F6N2/c39-37(40,41)33-21-17-26(23-34(33)38(42,43)44)25-15-18-29(19-16-25)46-35-14-8-7-13-31(35)32-24-30(20-22-36(32)46)45(27-9-3-1-4-10-27)28-11-5-2-6-12-28/h1-24H. The average Bonchev–Trinajstić information content (AvgIpc) is 3.39. The number of para-hydroxylation sites is 3. The molecule has 1 aromatic heterocycles. The van der Waals surface area contributed by atoms with Gasteiger partial charge in [-0.1, -0.05) is 72.8 Å². The fraction of sp³-hybridized carbons (Fsp3) is 0.0526. The minimum atomic E-state index is -5.15. The van der Waals surface area contributed by atoms with E-state index in [1.165, 1.54) is 0 Å². The molecular weight excluding hydrogens is 598 g/mol. The molecule has 0 saturated carbocycles. The van der Waals surface area contributed by atoms with Gasteiger partial charge in [-0.2, -0.15) is 26.3 Å². The second kappa shape index (κ2) is 11.1. The minimum Gasteiger partial charge on any atom is -0.310 e. The molecule has 0 atom stereocenters. The van der Waals surface area contributed by atoms with Crippen molar-refractivity contribution in [2.75, 3.05) is 4.90 Å².